The van der Waals surface area contributed by atoms with E-state index >= 15 is 0 Å². The summed E-state index contributed by atoms with van der Waals surface area (Å²) < 4.78 is 4.96. The fraction of sp³-hybridized carbons (Fsp3) is 0.667. The van der Waals surface area contributed by atoms with Gasteiger partial charge in [0.2, 0.25) is 0 Å². The molecule has 1 aliphatic heterocycles. The van der Waals surface area contributed by atoms with E-state index < -0.39 is 0 Å². The summed E-state index contributed by atoms with van der Waals surface area (Å²) in [6.45, 7) is 3.62. The molecule has 0 saturated heterocycles. The van der Waals surface area contributed by atoms with E-state index in [-0.39, 0.29) is 5.97 Å². The van der Waals surface area contributed by atoms with Gasteiger partial charge in [0.1, 0.15) is 6.54 Å². The van der Waals surface area contributed by atoms with Gasteiger partial charge in [-0.3, -0.25) is 4.79 Å². The molecule has 0 fully saturated rings. The number of esters is 1. The van der Waals surface area contributed by atoms with Crippen molar-refractivity contribution in [1.29, 1.82) is 0 Å². The van der Waals surface area contributed by atoms with Gasteiger partial charge in [0, 0.05) is 19.4 Å². The molecule has 1 rings (SSSR count). The molecule has 0 amide bonds. The van der Waals surface area contributed by atoms with Crippen LogP contribution in [0.3, 0.4) is 0 Å². The summed E-state index contributed by atoms with van der Waals surface area (Å²) in [6, 6.07) is 0. The molecule has 0 aliphatic carbocycles. The first-order chi connectivity index (χ1) is 6.22. The summed E-state index contributed by atoms with van der Waals surface area (Å²) in [4.78, 5) is 15.1. The predicted octanol–water partition coefficient (Wildman–Crippen LogP) is 0.616. The normalized spacial score (nSPS) is 15.2. The Morgan fingerprint density at radius 3 is 2.85 bits per heavy atom. The third-order valence-electron chi connectivity index (χ3n) is 1.74. The monoisotopic (exact) mass is 184 g/mol. The van der Waals surface area contributed by atoms with E-state index in [4.69, 9.17) is 4.74 Å². The van der Waals surface area contributed by atoms with Crippen molar-refractivity contribution in [3.63, 3.8) is 0 Å². The highest BCUT2D eigenvalue weighted by Crippen LogP contribution is 2.02. The Bertz CT molecular complexity index is 204. The van der Waals surface area contributed by atoms with Crippen molar-refractivity contribution in [3.8, 4) is 0 Å². The van der Waals surface area contributed by atoms with Crippen LogP contribution in [-0.2, 0) is 9.53 Å². The first-order valence-electron chi connectivity index (χ1n) is 4.50. The lowest BCUT2D eigenvalue weighted by atomic mass is 10.5. The lowest BCUT2D eigenvalue weighted by molar-refractivity contribution is -0.144. The molecule has 0 spiro atoms. The Hall–Kier alpha value is -1.19. The largest absolute Gasteiger partial charge is 0.464 e. The van der Waals surface area contributed by atoms with Gasteiger partial charge < -0.3 is 14.5 Å². The average molecular weight is 184 g/mol. The molecule has 0 unspecified atom stereocenters. The fourth-order valence-electron chi connectivity index (χ4n) is 1.12. The van der Waals surface area contributed by atoms with Crippen LogP contribution in [0.15, 0.2) is 12.4 Å². The maximum Gasteiger partial charge on any atom is 0.325 e. The van der Waals surface area contributed by atoms with Gasteiger partial charge in [0.05, 0.1) is 13.3 Å². The second kappa shape index (κ2) is 4.74. The zero-order valence-electron chi connectivity index (χ0n) is 8.19. The van der Waals surface area contributed by atoms with Gasteiger partial charge in [-0.25, -0.2) is 0 Å². The Balaban J connectivity index is 2.18. The number of carbonyl (C=O) groups is 1. The summed E-state index contributed by atoms with van der Waals surface area (Å²) >= 11 is 0. The molecule has 0 radical (unpaired) electrons. The average Bonchev–Trinajstić information content (AvgIpc) is 2.48. The quantitative estimate of drug-likeness (QED) is 0.599. The molecule has 0 atom stereocenters. The topological polar surface area (TPSA) is 32.8 Å². The van der Waals surface area contributed by atoms with Crippen LogP contribution in [0.1, 0.15) is 13.3 Å². The van der Waals surface area contributed by atoms with Crippen molar-refractivity contribution in [2.75, 3.05) is 26.9 Å². The summed E-state index contributed by atoms with van der Waals surface area (Å²) in [5.74, 6) is -0.151. The van der Waals surface area contributed by atoms with Crippen LogP contribution in [-0.4, -0.2) is 42.6 Å². The molecule has 74 valence electrons. The molecule has 1 aliphatic rings. The van der Waals surface area contributed by atoms with Crippen molar-refractivity contribution >= 4 is 5.97 Å². The van der Waals surface area contributed by atoms with Gasteiger partial charge in [-0.2, -0.15) is 0 Å². The van der Waals surface area contributed by atoms with Crippen molar-refractivity contribution < 1.29 is 9.53 Å². The Labute approximate surface area is 78.8 Å². The van der Waals surface area contributed by atoms with E-state index in [0.717, 1.165) is 13.1 Å². The zero-order chi connectivity index (χ0) is 9.68. The Morgan fingerprint density at radius 1 is 1.54 bits per heavy atom. The number of hydrogen-bond donors (Lipinski definition) is 0. The Kier molecular flexibility index (Phi) is 3.61. The van der Waals surface area contributed by atoms with Crippen LogP contribution in [0.2, 0.25) is 0 Å². The van der Waals surface area contributed by atoms with Crippen molar-refractivity contribution in [2.24, 2.45) is 0 Å². The third kappa shape index (κ3) is 3.36. The highest BCUT2D eigenvalue weighted by Gasteiger charge is 2.12. The van der Waals surface area contributed by atoms with Gasteiger partial charge in [0.15, 0.2) is 0 Å². The molecular weight excluding hydrogens is 168 g/mol. The first-order valence-corrected chi connectivity index (χ1v) is 4.50. The predicted molar refractivity (Wildman–Crippen MR) is 49.7 cm³/mol. The molecule has 0 N–H and O–H groups in total. The van der Waals surface area contributed by atoms with E-state index in [1.165, 1.54) is 0 Å². The molecule has 4 nitrogen and oxygen atoms in total. The highest BCUT2D eigenvalue weighted by atomic mass is 16.5. The maximum absolute atomic E-state index is 11.1. The summed E-state index contributed by atoms with van der Waals surface area (Å²) in [5, 5.41) is 0. The van der Waals surface area contributed by atoms with Crippen LogP contribution in [0, 0.1) is 0 Å². The summed E-state index contributed by atoms with van der Waals surface area (Å²) in [6.07, 6.45) is 4.71. The van der Waals surface area contributed by atoms with Crippen LogP contribution in [0.25, 0.3) is 0 Å². The van der Waals surface area contributed by atoms with Crippen LogP contribution < -0.4 is 0 Å². The third-order valence-corrected chi connectivity index (χ3v) is 1.74. The minimum Gasteiger partial charge on any atom is -0.464 e. The first kappa shape index (κ1) is 9.89. The molecule has 0 aromatic carbocycles. The standard InChI is InChI=1S/C9H16N2O2/c1-3-6-13-9(12)7-11-5-4-10(2)8-11/h4-5H,3,6-8H2,1-2H3. The molecule has 0 aromatic heterocycles. The second-order valence-electron chi connectivity index (χ2n) is 3.16. The van der Waals surface area contributed by atoms with E-state index in [9.17, 15) is 4.79 Å². The highest BCUT2D eigenvalue weighted by molar-refractivity contribution is 5.71. The lowest BCUT2D eigenvalue weighted by Gasteiger charge is -2.16. The molecule has 0 aromatic rings. The zero-order valence-corrected chi connectivity index (χ0v) is 8.19. The van der Waals surface area contributed by atoms with Gasteiger partial charge in [0.25, 0.3) is 0 Å². The van der Waals surface area contributed by atoms with E-state index in [1.807, 2.05) is 36.2 Å². The van der Waals surface area contributed by atoms with E-state index in [0.29, 0.717) is 13.2 Å². The van der Waals surface area contributed by atoms with Crippen LogP contribution in [0.4, 0.5) is 0 Å². The number of rotatable bonds is 4. The number of nitrogens with zero attached hydrogens (tertiary/aromatic N) is 2. The molecule has 0 saturated carbocycles. The van der Waals surface area contributed by atoms with Crippen molar-refractivity contribution in [1.82, 2.24) is 9.80 Å². The SMILES string of the molecule is CCCOC(=O)CN1C=CN(C)C1. The number of ether oxygens (including phenoxy) is 1. The summed E-state index contributed by atoms with van der Waals surface area (Å²) in [5.41, 5.74) is 0. The maximum atomic E-state index is 11.1. The number of carbonyl (C=O) groups excluding carboxylic acids is 1. The molecular formula is C9H16N2O2. The lowest BCUT2D eigenvalue weighted by Crippen LogP contribution is -2.29. The summed E-state index contributed by atoms with van der Waals surface area (Å²) in [7, 11) is 1.97. The molecule has 13 heavy (non-hydrogen) atoms. The van der Waals surface area contributed by atoms with Crippen molar-refractivity contribution in [2.45, 2.75) is 13.3 Å². The van der Waals surface area contributed by atoms with Crippen LogP contribution in [0.5, 0.6) is 0 Å². The number of hydrogen-bond acceptors (Lipinski definition) is 4. The second-order valence-corrected chi connectivity index (χ2v) is 3.16. The Morgan fingerprint density at radius 2 is 2.31 bits per heavy atom. The van der Waals surface area contributed by atoms with E-state index in [1.54, 1.807) is 0 Å². The van der Waals surface area contributed by atoms with Crippen molar-refractivity contribution in [3.05, 3.63) is 12.4 Å². The fourth-order valence-corrected chi connectivity index (χ4v) is 1.12. The molecule has 1 heterocycles. The minimum absolute atomic E-state index is 0.151. The minimum atomic E-state index is -0.151. The van der Waals surface area contributed by atoms with Gasteiger partial charge >= 0.3 is 5.97 Å². The smallest absolute Gasteiger partial charge is 0.325 e. The van der Waals surface area contributed by atoms with Gasteiger partial charge in [-0.1, -0.05) is 6.92 Å². The van der Waals surface area contributed by atoms with Gasteiger partial charge in [-0.05, 0) is 6.42 Å². The molecule has 0 bridgehead atoms. The van der Waals surface area contributed by atoms with E-state index in [2.05, 4.69) is 0 Å². The van der Waals surface area contributed by atoms with Gasteiger partial charge in [-0.15, -0.1) is 0 Å². The van der Waals surface area contributed by atoms with Crippen LogP contribution >= 0.6 is 0 Å². The molecule has 4 heteroatoms.